The molecule has 54 valence electrons. The van der Waals surface area contributed by atoms with Gasteiger partial charge in [0, 0.05) is 18.4 Å². The summed E-state index contributed by atoms with van der Waals surface area (Å²) in [4.78, 5) is 3.08. The molecule has 0 atom stereocenters. The van der Waals surface area contributed by atoms with Crippen LogP contribution in [0.5, 0.6) is 0 Å². The lowest BCUT2D eigenvalue weighted by molar-refractivity contribution is -0.378. The maximum absolute atomic E-state index is 10.8. The summed E-state index contributed by atoms with van der Waals surface area (Å²) in [6.07, 6.45) is 4.34. The number of pyridine rings is 1. The quantitative estimate of drug-likeness (QED) is 0.573. The highest BCUT2D eigenvalue weighted by molar-refractivity contribution is 7.90. The normalized spacial score (nSPS) is 11.3. The average Bonchev–Trinajstić information content (AvgIpc) is 1.88. The summed E-state index contributed by atoms with van der Waals surface area (Å²) in [5.74, 6) is 0. The van der Waals surface area contributed by atoms with Gasteiger partial charge in [0.1, 0.15) is 0 Å². The Balaban J connectivity index is 3.22. The van der Waals surface area contributed by atoms with Crippen LogP contribution in [-0.4, -0.2) is 14.7 Å². The fraction of sp³-hybridized carbons (Fsp3) is 0.167. The minimum absolute atomic E-state index is 0.339. The van der Waals surface area contributed by atoms with E-state index in [0.29, 0.717) is 4.90 Å². The first-order chi connectivity index (χ1) is 4.61. The highest BCUT2D eigenvalue weighted by Crippen LogP contribution is 2.02. The molecule has 0 amide bonds. The molecule has 0 saturated heterocycles. The Labute approximate surface area is 59.6 Å². The molecule has 1 N–H and O–H groups in total. The van der Waals surface area contributed by atoms with Gasteiger partial charge in [-0.3, -0.25) is 0 Å². The van der Waals surface area contributed by atoms with Crippen LogP contribution in [0.3, 0.4) is 0 Å². The molecule has 3 nitrogen and oxygen atoms in total. The van der Waals surface area contributed by atoms with E-state index in [1.165, 1.54) is 18.4 Å². The van der Waals surface area contributed by atoms with Crippen LogP contribution in [0.2, 0.25) is 0 Å². The van der Waals surface area contributed by atoms with Gasteiger partial charge < -0.3 is 0 Å². The summed E-state index contributed by atoms with van der Waals surface area (Å²) in [6, 6.07) is 3.05. The molecule has 0 saturated carbocycles. The smallest absolute Gasteiger partial charge is 0.175 e. The molecule has 1 rings (SSSR count). The number of H-pyrrole nitrogens is 1. The largest absolute Gasteiger partial charge is 0.224 e. The number of sulfone groups is 1. The van der Waals surface area contributed by atoms with Crippen LogP contribution in [-0.2, 0) is 9.84 Å². The van der Waals surface area contributed by atoms with Crippen LogP contribution in [0.4, 0.5) is 0 Å². The number of aromatic nitrogens is 1. The van der Waals surface area contributed by atoms with E-state index >= 15 is 0 Å². The van der Waals surface area contributed by atoms with E-state index in [-0.39, 0.29) is 0 Å². The first kappa shape index (κ1) is 7.21. The average molecular weight is 158 g/mol. The molecule has 4 heteroatoms. The fourth-order valence-electron chi connectivity index (χ4n) is 0.619. The second-order valence-electron chi connectivity index (χ2n) is 2.01. The summed E-state index contributed by atoms with van der Waals surface area (Å²) in [5, 5.41) is 0. The van der Waals surface area contributed by atoms with Crippen molar-refractivity contribution in [2.75, 3.05) is 6.26 Å². The Morgan fingerprint density at radius 2 is 1.80 bits per heavy atom. The van der Waals surface area contributed by atoms with Crippen LogP contribution >= 0.6 is 0 Å². The number of aromatic amines is 1. The van der Waals surface area contributed by atoms with Gasteiger partial charge in [-0.05, 0) is 0 Å². The predicted molar refractivity (Wildman–Crippen MR) is 36.1 cm³/mol. The maximum Gasteiger partial charge on any atom is 0.175 e. The van der Waals surface area contributed by atoms with Gasteiger partial charge in [-0.1, -0.05) is 0 Å². The molecule has 0 aliphatic carbocycles. The highest BCUT2D eigenvalue weighted by atomic mass is 32.2. The fourth-order valence-corrected chi connectivity index (χ4v) is 1.25. The van der Waals surface area contributed by atoms with Crippen LogP contribution in [0.1, 0.15) is 0 Å². The molecular formula is C6H8NO2S+. The molecule has 1 aromatic rings. The molecule has 0 bridgehead atoms. The van der Waals surface area contributed by atoms with Gasteiger partial charge in [-0.2, -0.15) is 0 Å². The Morgan fingerprint density at radius 3 is 2.10 bits per heavy atom. The van der Waals surface area contributed by atoms with Crippen LogP contribution in [0.25, 0.3) is 0 Å². The molecule has 1 heterocycles. The van der Waals surface area contributed by atoms with E-state index < -0.39 is 9.84 Å². The summed E-state index contributed by atoms with van der Waals surface area (Å²) < 4.78 is 21.6. The van der Waals surface area contributed by atoms with Gasteiger partial charge >= 0.3 is 0 Å². The maximum atomic E-state index is 10.8. The SMILES string of the molecule is CS(=O)(=O)c1cc[nH+]cc1. The second kappa shape index (κ2) is 2.38. The third-order valence-electron chi connectivity index (χ3n) is 1.12. The van der Waals surface area contributed by atoms with Gasteiger partial charge in [-0.25, -0.2) is 13.4 Å². The lowest BCUT2D eigenvalue weighted by Crippen LogP contribution is -2.02. The van der Waals surface area contributed by atoms with E-state index in [1.807, 2.05) is 0 Å². The molecule has 0 unspecified atom stereocenters. The first-order valence-corrected chi connectivity index (χ1v) is 4.66. The number of rotatable bonds is 1. The molecular weight excluding hydrogens is 150 g/mol. The molecule has 0 spiro atoms. The van der Waals surface area contributed by atoms with Crippen molar-refractivity contribution < 1.29 is 13.4 Å². The van der Waals surface area contributed by atoms with Gasteiger partial charge in [0.25, 0.3) is 0 Å². The summed E-state index contributed by atoms with van der Waals surface area (Å²) >= 11 is 0. The molecule has 1 aromatic heterocycles. The summed E-state index contributed by atoms with van der Waals surface area (Å²) in [6.45, 7) is 0. The van der Waals surface area contributed by atoms with Gasteiger partial charge in [0.2, 0.25) is 0 Å². The second-order valence-corrected chi connectivity index (χ2v) is 4.02. The van der Waals surface area contributed by atoms with E-state index in [1.54, 1.807) is 12.4 Å². The monoisotopic (exact) mass is 158 g/mol. The lowest BCUT2D eigenvalue weighted by Gasteiger charge is -1.90. The molecule has 0 fully saturated rings. The Bertz CT molecular complexity index is 304. The minimum atomic E-state index is -3.02. The van der Waals surface area contributed by atoms with Crippen molar-refractivity contribution >= 4 is 9.84 Å². The zero-order valence-electron chi connectivity index (χ0n) is 5.53. The third-order valence-corrected chi connectivity index (χ3v) is 2.24. The van der Waals surface area contributed by atoms with Crippen molar-refractivity contribution in [1.82, 2.24) is 0 Å². The zero-order chi connectivity index (χ0) is 7.61. The molecule has 10 heavy (non-hydrogen) atoms. The number of nitrogens with one attached hydrogen (secondary N) is 1. The van der Waals surface area contributed by atoms with E-state index in [9.17, 15) is 8.42 Å². The number of hydrogen-bond acceptors (Lipinski definition) is 2. The highest BCUT2D eigenvalue weighted by Gasteiger charge is 2.05. The molecule has 0 radical (unpaired) electrons. The van der Waals surface area contributed by atoms with E-state index in [4.69, 9.17) is 0 Å². The van der Waals surface area contributed by atoms with E-state index in [0.717, 1.165) is 0 Å². The third kappa shape index (κ3) is 1.54. The minimum Gasteiger partial charge on any atom is -0.224 e. The van der Waals surface area contributed by atoms with Crippen LogP contribution < -0.4 is 4.98 Å². The summed E-state index contributed by atoms with van der Waals surface area (Å²) in [7, 11) is -3.02. The number of hydrogen-bond donors (Lipinski definition) is 0. The molecule has 0 aliphatic rings. The molecule has 0 aliphatic heterocycles. The van der Waals surface area contributed by atoms with Crippen LogP contribution in [0.15, 0.2) is 29.4 Å². The van der Waals surface area contributed by atoms with Crippen molar-refractivity contribution in [2.24, 2.45) is 0 Å². The van der Waals surface area contributed by atoms with Crippen molar-refractivity contribution in [3.8, 4) is 0 Å². The predicted octanol–water partition coefficient (Wildman–Crippen LogP) is -0.0958. The topological polar surface area (TPSA) is 48.3 Å². The van der Waals surface area contributed by atoms with Gasteiger partial charge in [-0.15, -0.1) is 0 Å². The lowest BCUT2D eigenvalue weighted by atomic mass is 10.5. The Morgan fingerprint density at radius 1 is 1.30 bits per heavy atom. The van der Waals surface area contributed by atoms with Crippen LogP contribution in [0, 0.1) is 0 Å². The van der Waals surface area contributed by atoms with Crippen molar-refractivity contribution in [1.29, 1.82) is 0 Å². The standard InChI is InChI=1S/C6H7NO2S/c1-10(8,9)6-2-4-7-5-3-6/h2-5H,1H3/p+1. The van der Waals surface area contributed by atoms with Gasteiger partial charge in [0.15, 0.2) is 22.2 Å². The Kier molecular flexibility index (Phi) is 1.72. The van der Waals surface area contributed by atoms with E-state index in [2.05, 4.69) is 4.98 Å². The first-order valence-electron chi connectivity index (χ1n) is 2.77. The van der Waals surface area contributed by atoms with Crippen molar-refractivity contribution in [3.05, 3.63) is 24.5 Å². The van der Waals surface area contributed by atoms with Crippen molar-refractivity contribution in [2.45, 2.75) is 4.90 Å². The molecule has 0 aromatic carbocycles. The van der Waals surface area contributed by atoms with Crippen molar-refractivity contribution in [3.63, 3.8) is 0 Å². The Hall–Kier alpha value is -0.900. The zero-order valence-corrected chi connectivity index (χ0v) is 6.35. The van der Waals surface area contributed by atoms with Gasteiger partial charge in [0.05, 0.1) is 4.90 Å². The summed E-state index contributed by atoms with van der Waals surface area (Å²) in [5.41, 5.74) is 0.